The first-order valence-electron chi connectivity index (χ1n) is 11.4. The van der Waals surface area contributed by atoms with Crippen molar-refractivity contribution in [3.63, 3.8) is 0 Å². The molecular weight excluding hydrogens is 414 g/mol. The second-order valence-corrected chi connectivity index (χ2v) is 12.3. The maximum atomic E-state index is 12.7. The molecule has 1 N–H and O–H groups in total. The van der Waals surface area contributed by atoms with Crippen molar-refractivity contribution < 1.29 is 18.3 Å². The summed E-state index contributed by atoms with van der Waals surface area (Å²) in [6, 6.07) is 8.74. The lowest BCUT2D eigenvalue weighted by molar-refractivity contribution is -0.131. The lowest BCUT2D eigenvalue weighted by Gasteiger charge is -2.48. The number of piperidine rings is 1. The number of nitrogens with zero attached hydrogens (tertiary/aromatic N) is 3. The topological polar surface area (TPSA) is 81.2 Å². The third-order valence-corrected chi connectivity index (χ3v) is 8.82. The molecule has 0 radical (unpaired) electrons. The SMILES string of the molecule is CC1(C)C[C@@H]2CN(C(=O)CCCO)C[C@H]1N(c1ccc(N3CCS(=O)(=O)CC3)cc1)C2. The molecule has 0 aromatic heterocycles. The van der Waals surface area contributed by atoms with Crippen LogP contribution >= 0.6 is 0 Å². The second kappa shape index (κ2) is 8.62. The van der Waals surface area contributed by atoms with Crippen LogP contribution in [0.25, 0.3) is 0 Å². The van der Waals surface area contributed by atoms with E-state index < -0.39 is 9.84 Å². The van der Waals surface area contributed by atoms with E-state index in [2.05, 4.69) is 47.9 Å². The van der Waals surface area contributed by atoms with Gasteiger partial charge in [0.15, 0.2) is 9.84 Å². The van der Waals surface area contributed by atoms with E-state index in [0.29, 0.717) is 31.8 Å². The van der Waals surface area contributed by atoms with Crippen molar-refractivity contribution in [1.29, 1.82) is 0 Å². The van der Waals surface area contributed by atoms with Gasteiger partial charge in [-0.1, -0.05) is 13.8 Å². The zero-order chi connectivity index (χ0) is 22.2. The fraction of sp³-hybridized carbons (Fsp3) is 0.696. The Balaban J connectivity index is 1.51. The first kappa shape index (κ1) is 22.4. The summed E-state index contributed by atoms with van der Waals surface area (Å²) in [6.45, 7) is 8.23. The van der Waals surface area contributed by atoms with Gasteiger partial charge >= 0.3 is 0 Å². The molecule has 0 saturated carbocycles. The summed E-state index contributed by atoms with van der Waals surface area (Å²) in [4.78, 5) is 19.3. The first-order chi connectivity index (χ1) is 14.7. The van der Waals surface area contributed by atoms with E-state index in [4.69, 9.17) is 5.11 Å². The Labute approximate surface area is 185 Å². The molecule has 4 heterocycles. The molecule has 1 aromatic carbocycles. The number of aliphatic hydroxyl groups is 1. The highest BCUT2D eigenvalue weighted by Gasteiger charge is 2.46. The Morgan fingerprint density at radius 1 is 1.06 bits per heavy atom. The second-order valence-electron chi connectivity index (χ2n) is 10.0. The molecule has 0 spiro atoms. The number of rotatable bonds is 5. The lowest BCUT2D eigenvalue weighted by atomic mass is 9.73. The van der Waals surface area contributed by atoms with Gasteiger partial charge in [-0.2, -0.15) is 0 Å². The zero-order valence-electron chi connectivity index (χ0n) is 18.7. The molecule has 4 saturated heterocycles. The Morgan fingerprint density at radius 2 is 1.71 bits per heavy atom. The number of carbonyl (C=O) groups is 1. The number of sulfone groups is 1. The van der Waals surface area contributed by atoms with Crippen LogP contribution in [0.1, 0.15) is 33.1 Å². The molecule has 7 nitrogen and oxygen atoms in total. The lowest BCUT2D eigenvalue weighted by Crippen LogP contribution is -2.54. The summed E-state index contributed by atoms with van der Waals surface area (Å²) in [5, 5.41) is 9.09. The Hall–Kier alpha value is -1.80. The molecule has 31 heavy (non-hydrogen) atoms. The van der Waals surface area contributed by atoms with E-state index in [0.717, 1.165) is 31.7 Å². The molecule has 5 rings (SSSR count). The molecule has 0 aliphatic carbocycles. The summed E-state index contributed by atoms with van der Waals surface area (Å²) in [5.74, 6) is 1.02. The highest BCUT2D eigenvalue weighted by molar-refractivity contribution is 7.91. The fourth-order valence-corrected chi connectivity index (χ4v) is 6.74. The van der Waals surface area contributed by atoms with Crippen LogP contribution in [0.4, 0.5) is 11.4 Å². The number of hydrogen-bond donors (Lipinski definition) is 1. The third kappa shape index (κ3) is 4.85. The van der Waals surface area contributed by atoms with Crippen molar-refractivity contribution in [3.8, 4) is 0 Å². The number of fused-ring (bicyclic) bond motifs is 4. The average molecular weight is 450 g/mol. The Bertz CT molecular complexity index is 886. The van der Waals surface area contributed by atoms with Crippen LogP contribution < -0.4 is 9.80 Å². The highest BCUT2D eigenvalue weighted by Crippen LogP contribution is 2.43. The summed E-state index contributed by atoms with van der Waals surface area (Å²) >= 11 is 0. The normalized spacial score (nSPS) is 27.3. The van der Waals surface area contributed by atoms with Crippen molar-refractivity contribution >= 4 is 27.1 Å². The number of benzene rings is 1. The van der Waals surface area contributed by atoms with Gasteiger partial charge in [-0.05, 0) is 48.4 Å². The van der Waals surface area contributed by atoms with Crippen molar-refractivity contribution in [2.45, 2.75) is 39.2 Å². The van der Waals surface area contributed by atoms with Crippen LogP contribution in [0.2, 0.25) is 0 Å². The Kier molecular flexibility index (Phi) is 6.23. The predicted molar refractivity (Wildman–Crippen MR) is 123 cm³/mol. The van der Waals surface area contributed by atoms with Gasteiger partial charge in [0.2, 0.25) is 5.91 Å². The van der Waals surface area contributed by atoms with Gasteiger partial charge in [0.1, 0.15) is 0 Å². The van der Waals surface area contributed by atoms with Crippen LogP contribution in [0.15, 0.2) is 24.3 Å². The number of amides is 1. The van der Waals surface area contributed by atoms with Crippen LogP contribution in [0.3, 0.4) is 0 Å². The summed E-state index contributed by atoms with van der Waals surface area (Å²) in [7, 11) is -2.89. The van der Waals surface area contributed by atoms with E-state index in [9.17, 15) is 13.2 Å². The summed E-state index contributed by atoms with van der Waals surface area (Å²) in [6.07, 6.45) is 2.05. The van der Waals surface area contributed by atoms with Gasteiger partial charge in [0.25, 0.3) is 0 Å². The van der Waals surface area contributed by atoms with Crippen LogP contribution in [0.5, 0.6) is 0 Å². The number of aliphatic hydroxyl groups excluding tert-OH is 1. The third-order valence-electron chi connectivity index (χ3n) is 7.21. The monoisotopic (exact) mass is 449 g/mol. The van der Waals surface area contributed by atoms with Crippen molar-refractivity contribution in [3.05, 3.63) is 24.3 Å². The molecule has 0 unspecified atom stereocenters. The van der Waals surface area contributed by atoms with Crippen molar-refractivity contribution in [2.24, 2.45) is 11.3 Å². The van der Waals surface area contributed by atoms with Crippen LogP contribution in [-0.4, -0.2) is 81.2 Å². The molecule has 2 atom stereocenters. The number of hydrogen-bond acceptors (Lipinski definition) is 6. The molecule has 4 fully saturated rings. The summed E-state index contributed by atoms with van der Waals surface area (Å²) < 4.78 is 23.4. The molecule has 8 heteroatoms. The van der Waals surface area contributed by atoms with Crippen LogP contribution in [-0.2, 0) is 14.6 Å². The van der Waals surface area contributed by atoms with Crippen LogP contribution in [0, 0.1) is 11.3 Å². The van der Waals surface area contributed by atoms with Gasteiger partial charge in [0.05, 0.1) is 17.5 Å². The largest absolute Gasteiger partial charge is 0.396 e. The fourth-order valence-electron chi connectivity index (χ4n) is 5.54. The maximum Gasteiger partial charge on any atom is 0.222 e. The van der Waals surface area contributed by atoms with E-state index >= 15 is 0 Å². The molecule has 4 aliphatic rings. The van der Waals surface area contributed by atoms with Gasteiger partial charge in [-0.3, -0.25) is 4.79 Å². The maximum absolute atomic E-state index is 12.7. The number of carbonyl (C=O) groups excluding carboxylic acids is 1. The number of anilines is 2. The smallest absolute Gasteiger partial charge is 0.222 e. The predicted octanol–water partition coefficient (Wildman–Crippen LogP) is 1.76. The van der Waals surface area contributed by atoms with Gasteiger partial charge in [-0.15, -0.1) is 0 Å². The van der Waals surface area contributed by atoms with Crippen molar-refractivity contribution in [1.82, 2.24) is 4.90 Å². The minimum absolute atomic E-state index is 0.0549. The van der Waals surface area contributed by atoms with Gasteiger partial charge in [0, 0.05) is 57.1 Å². The highest BCUT2D eigenvalue weighted by atomic mass is 32.2. The van der Waals surface area contributed by atoms with E-state index in [-0.39, 0.29) is 35.5 Å². The first-order valence-corrected chi connectivity index (χ1v) is 13.2. The summed E-state index contributed by atoms with van der Waals surface area (Å²) in [5.41, 5.74) is 2.34. The molecule has 1 aromatic rings. The standard InChI is InChI=1S/C23H35N3O4S/c1-23(2)14-18-15-25(22(28)4-3-11-27)17-21(23)26(16-18)20-7-5-19(6-8-20)24-9-12-31(29,30)13-10-24/h5-8,18,21,27H,3-4,9-17H2,1-2H3/t18-,21-/m1/s1. The molecule has 2 bridgehead atoms. The zero-order valence-corrected chi connectivity index (χ0v) is 19.5. The van der Waals surface area contributed by atoms with E-state index in [1.54, 1.807) is 0 Å². The molecule has 4 aliphatic heterocycles. The Morgan fingerprint density at radius 3 is 2.35 bits per heavy atom. The molecular formula is C23H35N3O4S. The van der Waals surface area contributed by atoms with Crippen molar-refractivity contribution in [2.75, 3.05) is 60.6 Å². The molecule has 1 amide bonds. The van der Waals surface area contributed by atoms with E-state index in [1.807, 2.05) is 4.90 Å². The minimum Gasteiger partial charge on any atom is -0.396 e. The van der Waals surface area contributed by atoms with E-state index in [1.165, 1.54) is 5.69 Å². The minimum atomic E-state index is -2.89. The average Bonchev–Trinajstić information content (AvgIpc) is 2.99. The van der Waals surface area contributed by atoms with Gasteiger partial charge in [-0.25, -0.2) is 8.42 Å². The van der Waals surface area contributed by atoms with Gasteiger partial charge < -0.3 is 19.8 Å². The molecule has 172 valence electrons. The quantitative estimate of drug-likeness (QED) is 0.738.